The summed E-state index contributed by atoms with van der Waals surface area (Å²) in [5, 5.41) is 6.23. The van der Waals surface area contributed by atoms with Gasteiger partial charge in [0.05, 0.1) is 19.8 Å². The summed E-state index contributed by atoms with van der Waals surface area (Å²) in [5.74, 6) is 0.297. The van der Waals surface area contributed by atoms with Gasteiger partial charge in [0.25, 0.3) is 5.91 Å². The van der Waals surface area contributed by atoms with Crippen molar-refractivity contribution in [2.45, 2.75) is 20.8 Å². The number of nitrogens with one attached hydrogen (secondary N) is 2. The minimum atomic E-state index is -0.171. The molecule has 1 heterocycles. The Labute approximate surface area is 173 Å². The highest BCUT2D eigenvalue weighted by molar-refractivity contribution is 6.10. The molecule has 1 aliphatic heterocycles. The Morgan fingerprint density at radius 3 is 2.45 bits per heavy atom. The molecule has 2 aromatic carbocycles. The van der Waals surface area contributed by atoms with Gasteiger partial charge >= 0.3 is 0 Å². The summed E-state index contributed by atoms with van der Waals surface area (Å²) in [7, 11) is 0. The Bertz CT molecular complexity index is 853. The van der Waals surface area contributed by atoms with Gasteiger partial charge in [0.1, 0.15) is 0 Å². The molecule has 0 unspecified atom stereocenters. The molecule has 29 heavy (non-hydrogen) atoms. The van der Waals surface area contributed by atoms with Gasteiger partial charge in [-0.05, 0) is 56.2 Å². The molecule has 0 atom stereocenters. The van der Waals surface area contributed by atoms with Crippen LogP contribution in [0.4, 0.5) is 5.69 Å². The lowest BCUT2D eigenvalue weighted by molar-refractivity contribution is 0.0394. The molecule has 6 nitrogen and oxygen atoms in total. The van der Waals surface area contributed by atoms with Crippen LogP contribution < -0.4 is 10.6 Å². The highest BCUT2D eigenvalue weighted by Crippen LogP contribution is 2.14. The van der Waals surface area contributed by atoms with E-state index in [4.69, 9.17) is 4.74 Å². The minimum Gasteiger partial charge on any atom is -0.379 e. The molecule has 0 spiro atoms. The number of carbonyl (C=O) groups is 1. The Balaban J connectivity index is 1.72. The fraction of sp³-hybridized carbons (Fsp3) is 0.391. The number of hydrogen-bond donors (Lipinski definition) is 2. The number of amides is 1. The number of benzene rings is 2. The zero-order valence-corrected chi connectivity index (χ0v) is 17.5. The molecular formula is C23H30N4O2. The molecule has 1 aliphatic rings. The number of rotatable bonds is 5. The number of morpholine rings is 1. The summed E-state index contributed by atoms with van der Waals surface area (Å²) >= 11 is 0. The van der Waals surface area contributed by atoms with E-state index in [2.05, 4.69) is 40.4 Å². The van der Waals surface area contributed by atoms with E-state index in [1.807, 2.05) is 43.3 Å². The molecule has 0 aliphatic carbocycles. The van der Waals surface area contributed by atoms with E-state index in [-0.39, 0.29) is 5.91 Å². The molecule has 2 aromatic rings. The highest BCUT2D eigenvalue weighted by Gasteiger charge is 2.12. The second kappa shape index (κ2) is 10.2. The van der Waals surface area contributed by atoms with Crippen molar-refractivity contribution in [1.82, 2.24) is 10.2 Å². The molecule has 0 aromatic heterocycles. The van der Waals surface area contributed by atoms with E-state index in [1.165, 1.54) is 0 Å². The topological polar surface area (TPSA) is 66.0 Å². The van der Waals surface area contributed by atoms with Crippen molar-refractivity contribution >= 4 is 17.6 Å². The van der Waals surface area contributed by atoms with Crippen molar-refractivity contribution < 1.29 is 9.53 Å². The number of ether oxygens (including phenoxy) is 1. The minimum absolute atomic E-state index is 0.171. The normalized spacial score (nSPS) is 15.2. The van der Waals surface area contributed by atoms with Gasteiger partial charge in [0.15, 0.2) is 0 Å². The maximum Gasteiger partial charge on any atom is 0.257 e. The number of guanidine groups is 1. The number of anilines is 1. The first-order valence-electron chi connectivity index (χ1n) is 10.1. The van der Waals surface area contributed by atoms with Crippen LogP contribution in [-0.4, -0.2) is 56.2 Å². The smallest absolute Gasteiger partial charge is 0.257 e. The fourth-order valence-electron chi connectivity index (χ4n) is 3.39. The van der Waals surface area contributed by atoms with Crippen LogP contribution in [0.25, 0.3) is 0 Å². The maximum absolute atomic E-state index is 12.7. The molecule has 1 amide bonds. The van der Waals surface area contributed by atoms with Crippen molar-refractivity contribution in [3.63, 3.8) is 0 Å². The van der Waals surface area contributed by atoms with Gasteiger partial charge in [0.2, 0.25) is 5.96 Å². The second-order valence-corrected chi connectivity index (χ2v) is 7.51. The molecule has 0 radical (unpaired) electrons. The van der Waals surface area contributed by atoms with Crippen molar-refractivity contribution in [2.75, 3.05) is 44.7 Å². The number of hydrogen-bond acceptors (Lipinski definition) is 4. The van der Waals surface area contributed by atoms with Gasteiger partial charge in [-0.25, -0.2) is 0 Å². The van der Waals surface area contributed by atoms with Gasteiger partial charge in [-0.3, -0.25) is 20.0 Å². The number of aliphatic imine (C=N–C) groups is 1. The molecule has 154 valence electrons. The van der Waals surface area contributed by atoms with E-state index < -0.39 is 0 Å². The van der Waals surface area contributed by atoms with Gasteiger partial charge in [-0.15, -0.1) is 0 Å². The molecule has 1 saturated heterocycles. The summed E-state index contributed by atoms with van der Waals surface area (Å²) in [6, 6.07) is 13.7. The van der Waals surface area contributed by atoms with Crippen LogP contribution >= 0.6 is 0 Å². The van der Waals surface area contributed by atoms with Crippen molar-refractivity contribution in [3.8, 4) is 0 Å². The van der Waals surface area contributed by atoms with Crippen LogP contribution in [0.2, 0.25) is 0 Å². The van der Waals surface area contributed by atoms with E-state index in [0.29, 0.717) is 18.1 Å². The first-order valence-corrected chi connectivity index (χ1v) is 10.1. The summed E-state index contributed by atoms with van der Waals surface area (Å²) in [6.45, 7) is 10.9. The Hall–Kier alpha value is -2.70. The predicted molar refractivity (Wildman–Crippen MR) is 118 cm³/mol. The number of nitrogens with zero attached hydrogens (tertiary/aromatic N) is 2. The van der Waals surface area contributed by atoms with E-state index in [9.17, 15) is 4.79 Å². The number of carbonyl (C=O) groups excluding carboxylic acids is 1. The fourth-order valence-corrected chi connectivity index (χ4v) is 3.39. The average Bonchev–Trinajstić information content (AvgIpc) is 2.68. The van der Waals surface area contributed by atoms with Gasteiger partial charge in [-0.2, -0.15) is 0 Å². The Kier molecular flexibility index (Phi) is 7.38. The third kappa shape index (κ3) is 6.69. The third-order valence-corrected chi connectivity index (χ3v) is 4.79. The summed E-state index contributed by atoms with van der Waals surface area (Å²) in [6.07, 6.45) is 0. The lowest BCUT2D eigenvalue weighted by atomic mass is 10.1. The van der Waals surface area contributed by atoms with Crippen LogP contribution in [0, 0.1) is 20.8 Å². The monoisotopic (exact) mass is 394 g/mol. The number of aryl methyl sites for hydroxylation is 3. The molecular weight excluding hydrogens is 364 g/mol. The van der Waals surface area contributed by atoms with E-state index in [1.54, 1.807) is 0 Å². The van der Waals surface area contributed by atoms with E-state index in [0.717, 1.165) is 55.2 Å². The lowest BCUT2D eigenvalue weighted by Crippen LogP contribution is -2.39. The Morgan fingerprint density at radius 2 is 1.76 bits per heavy atom. The second-order valence-electron chi connectivity index (χ2n) is 7.51. The largest absolute Gasteiger partial charge is 0.379 e. The summed E-state index contributed by atoms with van der Waals surface area (Å²) < 4.78 is 5.39. The van der Waals surface area contributed by atoms with Gasteiger partial charge in [0, 0.05) is 30.9 Å². The van der Waals surface area contributed by atoms with Crippen LogP contribution in [0.15, 0.2) is 47.5 Å². The van der Waals surface area contributed by atoms with Crippen molar-refractivity contribution in [1.29, 1.82) is 0 Å². The summed E-state index contributed by atoms with van der Waals surface area (Å²) in [4.78, 5) is 19.7. The quantitative estimate of drug-likeness (QED) is 0.604. The van der Waals surface area contributed by atoms with Crippen LogP contribution in [0.3, 0.4) is 0 Å². The first-order chi connectivity index (χ1) is 14.0. The lowest BCUT2D eigenvalue weighted by Gasteiger charge is -2.25. The van der Waals surface area contributed by atoms with Crippen LogP contribution in [0.5, 0.6) is 0 Å². The molecule has 2 N–H and O–H groups in total. The van der Waals surface area contributed by atoms with Crippen LogP contribution in [-0.2, 0) is 4.74 Å². The van der Waals surface area contributed by atoms with Crippen molar-refractivity contribution in [2.24, 2.45) is 4.99 Å². The van der Waals surface area contributed by atoms with Crippen LogP contribution in [0.1, 0.15) is 27.0 Å². The molecule has 0 saturated carbocycles. The van der Waals surface area contributed by atoms with Crippen molar-refractivity contribution in [3.05, 3.63) is 64.7 Å². The highest BCUT2D eigenvalue weighted by atomic mass is 16.5. The SMILES string of the molecule is Cc1cc(C)cc(NC(=NCCN2CCOCC2)NC(=O)c2cccc(C)c2)c1. The molecule has 1 fully saturated rings. The average molecular weight is 395 g/mol. The van der Waals surface area contributed by atoms with Gasteiger partial charge in [-0.1, -0.05) is 23.8 Å². The standard InChI is InChI=1S/C23H30N4O2/c1-17-5-4-6-20(14-17)22(28)26-23(24-7-8-27-9-11-29-12-10-27)25-21-15-18(2)13-19(3)16-21/h4-6,13-16H,7-12H2,1-3H3,(H2,24,25,26,28). The first kappa shape index (κ1) is 21.0. The van der Waals surface area contributed by atoms with E-state index >= 15 is 0 Å². The third-order valence-electron chi connectivity index (χ3n) is 4.79. The molecule has 0 bridgehead atoms. The summed E-state index contributed by atoms with van der Waals surface area (Å²) in [5.41, 5.74) is 4.89. The maximum atomic E-state index is 12.7. The molecule has 6 heteroatoms. The molecule has 3 rings (SSSR count). The zero-order valence-electron chi connectivity index (χ0n) is 17.5. The Morgan fingerprint density at radius 1 is 1.03 bits per heavy atom. The predicted octanol–water partition coefficient (Wildman–Crippen LogP) is 3.14. The van der Waals surface area contributed by atoms with Gasteiger partial charge < -0.3 is 10.1 Å². The zero-order chi connectivity index (χ0) is 20.6.